The molecule has 10 heavy (non-hydrogen) atoms. The molecule has 1 fully saturated rings. The van der Waals surface area contributed by atoms with Crippen LogP contribution in [0.5, 0.6) is 0 Å². The Kier molecular flexibility index (Phi) is 1.82. The average Bonchev–Trinajstić information content (AvgIpc) is 2.47. The molecule has 1 aliphatic carbocycles. The van der Waals surface area contributed by atoms with Gasteiger partial charge in [-0.05, 0) is 31.6 Å². The SMILES string of the molecule is CC(=O)C(N)CC1(C)CC1. The van der Waals surface area contributed by atoms with Crippen LogP contribution in [-0.4, -0.2) is 11.8 Å². The Morgan fingerprint density at radius 3 is 2.50 bits per heavy atom. The molecule has 0 bridgehead atoms. The Labute approximate surface area is 61.8 Å². The third-order valence-corrected chi connectivity index (χ3v) is 2.34. The zero-order chi connectivity index (χ0) is 7.78. The summed E-state index contributed by atoms with van der Waals surface area (Å²) in [7, 11) is 0. The number of rotatable bonds is 3. The van der Waals surface area contributed by atoms with Crippen molar-refractivity contribution in [1.29, 1.82) is 0 Å². The van der Waals surface area contributed by atoms with Crippen molar-refractivity contribution in [1.82, 2.24) is 0 Å². The lowest BCUT2D eigenvalue weighted by Crippen LogP contribution is -2.30. The van der Waals surface area contributed by atoms with Crippen molar-refractivity contribution >= 4 is 5.78 Å². The summed E-state index contributed by atoms with van der Waals surface area (Å²) in [6, 6.07) is -0.215. The molecule has 1 rings (SSSR count). The van der Waals surface area contributed by atoms with Gasteiger partial charge in [0.05, 0.1) is 6.04 Å². The highest BCUT2D eigenvalue weighted by Gasteiger charge is 2.39. The number of Topliss-reactive ketones (excluding diaryl/α,β-unsaturated/α-hetero) is 1. The monoisotopic (exact) mass is 141 g/mol. The number of carbonyl (C=O) groups excluding carboxylic acids is 1. The molecule has 0 aromatic carbocycles. The highest BCUT2D eigenvalue weighted by molar-refractivity contribution is 5.81. The van der Waals surface area contributed by atoms with Crippen LogP contribution in [0.4, 0.5) is 0 Å². The Morgan fingerprint density at radius 2 is 2.20 bits per heavy atom. The van der Waals surface area contributed by atoms with Gasteiger partial charge in [-0.15, -0.1) is 0 Å². The van der Waals surface area contributed by atoms with Crippen molar-refractivity contribution in [2.24, 2.45) is 11.1 Å². The Morgan fingerprint density at radius 1 is 1.70 bits per heavy atom. The number of ketones is 1. The fraction of sp³-hybridized carbons (Fsp3) is 0.875. The second-order valence-electron chi connectivity index (χ2n) is 3.73. The van der Waals surface area contributed by atoms with Gasteiger partial charge in [0, 0.05) is 0 Å². The minimum absolute atomic E-state index is 0.119. The van der Waals surface area contributed by atoms with Gasteiger partial charge in [0.15, 0.2) is 0 Å². The molecule has 0 aromatic rings. The molecule has 2 N–H and O–H groups in total. The second kappa shape index (κ2) is 2.35. The summed E-state index contributed by atoms with van der Waals surface area (Å²) >= 11 is 0. The Bertz CT molecular complexity index is 149. The molecule has 58 valence electrons. The Hall–Kier alpha value is -0.370. The van der Waals surface area contributed by atoms with Crippen LogP contribution in [0, 0.1) is 5.41 Å². The maximum absolute atomic E-state index is 10.7. The number of hydrogen-bond donors (Lipinski definition) is 1. The molecule has 0 aliphatic heterocycles. The molecule has 1 atom stereocenters. The van der Waals surface area contributed by atoms with Crippen LogP contribution >= 0.6 is 0 Å². The molecule has 2 heteroatoms. The lowest BCUT2D eigenvalue weighted by molar-refractivity contribution is -0.118. The van der Waals surface area contributed by atoms with Crippen LogP contribution in [0.1, 0.15) is 33.1 Å². The molecular formula is C8H15NO. The highest BCUT2D eigenvalue weighted by atomic mass is 16.1. The maximum Gasteiger partial charge on any atom is 0.146 e. The molecule has 1 aliphatic rings. The molecule has 2 nitrogen and oxygen atoms in total. The number of hydrogen-bond acceptors (Lipinski definition) is 2. The van der Waals surface area contributed by atoms with E-state index in [1.165, 1.54) is 12.8 Å². The van der Waals surface area contributed by atoms with Gasteiger partial charge in [0.2, 0.25) is 0 Å². The van der Waals surface area contributed by atoms with Crippen molar-refractivity contribution in [2.45, 2.75) is 39.2 Å². The summed E-state index contributed by atoms with van der Waals surface area (Å²) in [6.07, 6.45) is 3.37. The number of carbonyl (C=O) groups is 1. The summed E-state index contributed by atoms with van der Waals surface area (Å²) in [5.41, 5.74) is 6.00. The molecule has 0 heterocycles. The molecule has 0 amide bonds. The van der Waals surface area contributed by atoms with Crippen molar-refractivity contribution in [3.63, 3.8) is 0 Å². The van der Waals surface area contributed by atoms with Crippen molar-refractivity contribution in [3.8, 4) is 0 Å². The molecular weight excluding hydrogens is 126 g/mol. The van der Waals surface area contributed by atoms with Gasteiger partial charge in [0.25, 0.3) is 0 Å². The fourth-order valence-corrected chi connectivity index (χ4v) is 1.09. The third kappa shape index (κ3) is 1.81. The van der Waals surface area contributed by atoms with Gasteiger partial charge in [0.1, 0.15) is 5.78 Å². The van der Waals surface area contributed by atoms with Crippen molar-refractivity contribution < 1.29 is 4.79 Å². The topological polar surface area (TPSA) is 43.1 Å². The Balaban J connectivity index is 2.31. The van der Waals surface area contributed by atoms with E-state index in [4.69, 9.17) is 5.73 Å². The lowest BCUT2D eigenvalue weighted by Gasteiger charge is -2.12. The van der Waals surface area contributed by atoms with E-state index < -0.39 is 0 Å². The predicted molar refractivity (Wildman–Crippen MR) is 40.6 cm³/mol. The first-order valence-corrected chi connectivity index (χ1v) is 3.80. The quantitative estimate of drug-likeness (QED) is 0.639. The van der Waals surface area contributed by atoms with Crippen molar-refractivity contribution in [2.75, 3.05) is 0 Å². The third-order valence-electron chi connectivity index (χ3n) is 2.34. The van der Waals surface area contributed by atoms with Gasteiger partial charge in [-0.25, -0.2) is 0 Å². The molecule has 1 saturated carbocycles. The van der Waals surface area contributed by atoms with Crippen molar-refractivity contribution in [3.05, 3.63) is 0 Å². The van der Waals surface area contributed by atoms with E-state index in [1.807, 2.05) is 0 Å². The fourth-order valence-electron chi connectivity index (χ4n) is 1.09. The van der Waals surface area contributed by atoms with E-state index in [1.54, 1.807) is 6.92 Å². The minimum atomic E-state index is -0.215. The maximum atomic E-state index is 10.7. The molecule has 0 spiro atoms. The van der Waals surface area contributed by atoms with E-state index >= 15 is 0 Å². The average molecular weight is 141 g/mol. The van der Waals surface area contributed by atoms with E-state index in [-0.39, 0.29) is 11.8 Å². The molecule has 0 radical (unpaired) electrons. The van der Waals surface area contributed by atoms with Gasteiger partial charge in [-0.3, -0.25) is 4.79 Å². The smallest absolute Gasteiger partial charge is 0.146 e. The first-order chi connectivity index (χ1) is 4.53. The minimum Gasteiger partial charge on any atom is -0.322 e. The second-order valence-corrected chi connectivity index (χ2v) is 3.73. The van der Waals surface area contributed by atoms with Crippen LogP contribution in [0.2, 0.25) is 0 Å². The highest BCUT2D eigenvalue weighted by Crippen LogP contribution is 2.48. The summed E-state index contributed by atoms with van der Waals surface area (Å²) in [5, 5.41) is 0. The van der Waals surface area contributed by atoms with Crippen LogP contribution < -0.4 is 5.73 Å². The largest absolute Gasteiger partial charge is 0.322 e. The summed E-state index contributed by atoms with van der Waals surface area (Å²) < 4.78 is 0. The van der Waals surface area contributed by atoms with Gasteiger partial charge in [-0.1, -0.05) is 6.92 Å². The standard InChI is InChI=1S/C8H15NO/c1-6(10)7(9)5-8(2)3-4-8/h7H,3-5,9H2,1-2H3. The van der Waals surface area contributed by atoms with E-state index in [2.05, 4.69) is 6.92 Å². The lowest BCUT2D eigenvalue weighted by atomic mass is 9.98. The van der Waals surface area contributed by atoms with Crippen LogP contribution in [-0.2, 0) is 4.79 Å². The normalized spacial score (nSPS) is 23.9. The zero-order valence-corrected chi connectivity index (χ0v) is 6.68. The van der Waals surface area contributed by atoms with Crippen LogP contribution in [0.25, 0.3) is 0 Å². The van der Waals surface area contributed by atoms with E-state index in [9.17, 15) is 4.79 Å². The van der Waals surface area contributed by atoms with Gasteiger partial charge in [-0.2, -0.15) is 0 Å². The molecule has 0 aromatic heterocycles. The summed E-state index contributed by atoms with van der Waals surface area (Å²) in [4.78, 5) is 10.7. The summed E-state index contributed by atoms with van der Waals surface area (Å²) in [5.74, 6) is 0.119. The van der Waals surface area contributed by atoms with E-state index in [0.29, 0.717) is 5.41 Å². The zero-order valence-electron chi connectivity index (χ0n) is 6.68. The first-order valence-electron chi connectivity index (χ1n) is 3.80. The predicted octanol–water partition coefficient (Wildman–Crippen LogP) is 1.09. The van der Waals surface area contributed by atoms with Gasteiger partial charge >= 0.3 is 0 Å². The molecule has 1 unspecified atom stereocenters. The van der Waals surface area contributed by atoms with Crippen LogP contribution in [0.15, 0.2) is 0 Å². The molecule has 0 saturated heterocycles. The van der Waals surface area contributed by atoms with Crippen LogP contribution in [0.3, 0.4) is 0 Å². The summed E-state index contributed by atoms with van der Waals surface area (Å²) in [6.45, 7) is 3.76. The first kappa shape index (κ1) is 7.73. The number of nitrogens with two attached hydrogens (primary N) is 1. The van der Waals surface area contributed by atoms with E-state index in [0.717, 1.165) is 6.42 Å². The van der Waals surface area contributed by atoms with Gasteiger partial charge < -0.3 is 5.73 Å².